The summed E-state index contributed by atoms with van der Waals surface area (Å²) in [5.41, 5.74) is 0. The summed E-state index contributed by atoms with van der Waals surface area (Å²) >= 11 is 0. The van der Waals surface area contributed by atoms with Crippen LogP contribution in [0.1, 0.15) is 53.9 Å². The highest BCUT2D eigenvalue weighted by Crippen LogP contribution is 2.40. The van der Waals surface area contributed by atoms with Gasteiger partial charge in [0.25, 0.3) is 0 Å². The molecule has 5 atom stereocenters. The number of piperidine rings is 1. The number of quaternary nitrogens is 1. The number of hydrogen-bond acceptors (Lipinski definition) is 0. The van der Waals surface area contributed by atoms with Crippen LogP contribution in [0.3, 0.4) is 0 Å². The normalized spacial score (nSPS) is 46.8. The van der Waals surface area contributed by atoms with E-state index in [1.54, 1.807) is 0 Å². The van der Waals surface area contributed by atoms with E-state index in [0.717, 1.165) is 29.7 Å². The molecule has 2 heterocycles. The highest BCUT2D eigenvalue weighted by atomic mass is 15.4. The summed E-state index contributed by atoms with van der Waals surface area (Å²) in [6.07, 6.45) is 4.40. The van der Waals surface area contributed by atoms with Crippen LogP contribution in [0.25, 0.3) is 0 Å². The molecule has 0 aliphatic carbocycles. The Morgan fingerprint density at radius 2 is 1.29 bits per heavy atom. The fourth-order valence-electron chi connectivity index (χ4n) is 4.57. The van der Waals surface area contributed by atoms with Crippen LogP contribution in [0.15, 0.2) is 0 Å². The third-order valence-electron chi connectivity index (χ3n) is 6.54. The minimum atomic E-state index is 0.873. The van der Waals surface area contributed by atoms with Gasteiger partial charge in [-0.15, -0.1) is 0 Å². The van der Waals surface area contributed by atoms with Crippen LogP contribution < -0.4 is 0 Å². The Balaban J connectivity index is 2.26. The lowest BCUT2D eigenvalue weighted by Crippen LogP contribution is -2.59. The van der Waals surface area contributed by atoms with E-state index in [9.17, 15) is 0 Å². The van der Waals surface area contributed by atoms with E-state index in [0.29, 0.717) is 0 Å². The van der Waals surface area contributed by atoms with Crippen LogP contribution in [-0.4, -0.2) is 30.2 Å². The molecule has 2 aliphatic rings. The van der Waals surface area contributed by atoms with Crippen molar-refractivity contribution in [2.75, 3.05) is 19.6 Å². The van der Waals surface area contributed by atoms with Gasteiger partial charge in [-0.2, -0.15) is 0 Å². The van der Waals surface area contributed by atoms with Gasteiger partial charge in [0.15, 0.2) is 0 Å². The average molecular weight is 238 g/mol. The van der Waals surface area contributed by atoms with Gasteiger partial charge in [0.05, 0.1) is 25.7 Å². The lowest BCUT2D eigenvalue weighted by Gasteiger charge is -2.48. The Labute approximate surface area is 108 Å². The van der Waals surface area contributed by atoms with Crippen LogP contribution in [-0.2, 0) is 0 Å². The molecular formula is C16H32N+. The number of rotatable bonds is 0. The molecule has 0 N–H and O–H groups in total. The third-order valence-corrected chi connectivity index (χ3v) is 6.54. The van der Waals surface area contributed by atoms with Gasteiger partial charge in [-0.3, -0.25) is 0 Å². The summed E-state index contributed by atoms with van der Waals surface area (Å²) in [7, 11) is 0. The van der Waals surface area contributed by atoms with E-state index < -0.39 is 0 Å². The molecule has 0 bridgehead atoms. The Morgan fingerprint density at radius 3 is 1.88 bits per heavy atom. The van der Waals surface area contributed by atoms with Crippen molar-refractivity contribution < 1.29 is 4.48 Å². The maximum Gasteiger partial charge on any atom is 0.0890 e. The van der Waals surface area contributed by atoms with Gasteiger partial charge in [0.2, 0.25) is 0 Å². The second-order valence-electron chi connectivity index (χ2n) is 7.20. The van der Waals surface area contributed by atoms with Gasteiger partial charge in [0.1, 0.15) is 0 Å². The van der Waals surface area contributed by atoms with E-state index in [1.165, 1.54) is 43.4 Å². The molecule has 0 radical (unpaired) electrons. The molecule has 100 valence electrons. The molecule has 0 amide bonds. The van der Waals surface area contributed by atoms with E-state index in [2.05, 4.69) is 34.6 Å². The zero-order valence-corrected chi connectivity index (χ0v) is 12.6. The first-order chi connectivity index (χ1) is 7.98. The van der Waals surface area contributed by atoms with Gasteiger partial charge >= 0.3 is 0 Å². The SMILES string of the molecule is CC1C[N+]2(CCCCC2)C(C)C(C)C(C)C1C. The molecule has 1 nitrogen and oxygen atoms in total. The zero-order valence-electron chi connectivity index (χ0n) is 12.6. The van der Waals surface area contributed by atoms with Gasteiger partial charge in [-0.1, -0.05) is 27.7 Å². The molecule has 0 aromatic carbocycles. The van der Waals surface area contributed by atoms with E-state index in [-0.39, 0.29) is 0 Å². The van der Waals surface area contributed by atoms with Crippen molar-refractivity contribution in [2.24, 2.45) is 23.7 Å². The largest absolute Gasteiger partial charge is 0.321 e. The van der Waals surface area contributed by atoms with Crippen molar-refractivity contribution >= 4 is 0 Å². The van der Waals surface area contributed by atoms with Crippen molar-refractivity contribution in [1.82, 2.24) is 0 Å². The van der Waals surface area contributed by atoms with Gasteiger partial charge < -0.3 is 4.48 Å². The van der Waals surface area contributed by atoms with Crippen molar-refractivity contribution in [3.63, 3.8) is 0 Å². The first-order valence-corrected chi connectivity index (χ1v) is 7.84. The highest BCUT2D eigenvalue weighted by molar-refractivity contribution is 4.81. The Morgan fingerprint density at radius 1 is 0.706 bits per heavy atom. The molecule has 17 heavy (non-hydrogen) atoms. The Kier molecular flexibility index (Phi) is 3.87. The van der Waals surface area contributed by atoms with Crippen molar-refractivity contribution in [3.05, 3.63) is 0 Å². The maximum absolute atomic E-state index is 2.54. The predicted octanol–water partition coefficient (Wildman–Crippen LogP) is 3.93. The minimum Gasteiger partial charge on any atom is -0.321 e. The smallest absolute Gasteiger partial charge is 0.0890 e. The van der Waals surface area contributed by atoms with Gasteiger partial charge in [-0.25, -0.2) is 0 Å². The summed E-state index contributed by atoms with van der Waals surface area (Å²) in [6, 6.07) is 0.873. The standard InChI is InChI=1S/C16H32N/c1-12-11-17(9-7-6-8-10-17)16(5)15(4)14(3)13(12)2/h12-16H,6-11H2,1-5H3/q+1. The van der Waals surface area contributed by atoms with Crippen molar-refractivity contribution in [2.45, 2.75) is 59.9 Å². The van der Waals surface area contributed by atoms with Crippen molar-refractivity contribution in [1.29, 1.82) is 0 Å². The summed E-state index contributed by atoms with van der Waals surface area (Å²) in [5, 5.41) is 0. The quantitative estimate of drug-likeness (QED) is 0.561. The molecule has 2 aliphatic heterocycles. The lowest BCUT2D eigenvalue weighted by atomic mass is 9.78. The molecule has 1 heteroatoms. The topological polar surface area (TPSA) is 0 Å². The molecule has 2 saturated heterocycles. The molecule has 5 unspecified atom stereocenters. The molecule has 2 rings (SSSR count). The monoisotopic (exact) mass is 238 g/mol. The fourth-order valence-corrected chi connectivity index (χ4v) is 4.57. The fraction of sp³-hybridized carbons (Fsp3) is 1.00. The van der Waals surface area contributed by atoms with E-state index >= 15 is 0 Å². The third kappa shape index (κ3) is 2.28. The predicted molar refractivity (Wildman–Crippen MR) is 74.8 cm³/mol. The molecule has 1 spiro atoms. The molecular weight excluding hydrogens is 206 g/mol. The first-order valence-electron chi connectivity index (χ1n) is 7.84. The first kappa shape index (κ1) is 13.4. The van der Waals surface area contributed by atoms with Crippen LogP contribution in [0.2, 0.25) is 0 Å². The average Bonchev–Trinajstić information content (AvgIpc) is 2.39. The highest BCUT2D eigenvalue weighted by Gasteiger charge is 2.46. The summed E-state index contributed by atoms with van der Waals surface area (Å²) in [6.45, 7) is 16.9. The summed E-state index contributed by atoms with van der Waals surface area (Å²) in [5.74, 6) is 3.56. The Bertz CT molecular complexity index is 254. The summed E-state index contributed by atoms with van der Waals surface area (Å²) < 4.78 is 1.44. The maximum atomic E-state index is 2.54. The minimum absolute atomic E-state index is 0.873. The second kappa shape index (κ2) is 4.91. The summed E-state index contributed by atoms with van der Waals surface area (Å²) in [4.78, 5) is 0. The van der Waals surface area contributed by atoms with E-state index in [4.69, 9.17) is 0 Å². The molecule has 0 saturated carbocycles. The van der Waals surface area contributed by atoms with Crippen LogP contribution in [0.4, 0.5) is 0 Å². The van der Waals surface area contributed by atoms with Crippen LogP contribution in [0, 0.1) is 23.7 Å². The molecule has 0 aromatic heterocycles. The van der Waals surface area contributed by atoms with Crippen molar-refractivity contribution in [3.8, 4) is 0 Å². The van der Waals surface area contributed by atoms with Gasteiger partial charge in [-0.05, 0) is 38.0 Å². The van der Waals surface area contributed by atoms with Crippen LogP contribution >= 0.6 is 0 Å². The Hall–Kier alpha value is -0.0400. The lowest BCUT2D eigenvalue weighted by molar-refractivity contribution is -0.958. The van der Waals surface area contributed by atoms with Gasteiger partial charge in [0, 0.05) is 11.8 Å². The van der Waals surface area contributed by atoms with E-state index in [1.807, 2.05) is 0 Å². The molecule has 2 fully saturated rings. The second-order valence-corrected chi connectivity index (χ2v) is 7.20. The van der Waals surface area contributed by atoms with Crippen LogP contribution in [0.5, 0.6) is 0 Å². The zero-order chi connectivity index (χ0) is 12.6. The number of nitrogens with zero attached hydrogens (tertiary/aromatic N) is 1. The number of hydrogen-bond donors (Lipinski definition) is 0. The molecule has 0 aromatic rings.